The highest BCUT2D eigenvalue weighted by Gasteiger charge is 2.26. The van der Waals surface area contributed by atoms with Crippen molar-refractivity contribution in [2.45, 2.75) is 19.9 Å². The fraction of sp³-hybridized carbons (Fsp3) is 0.263. The fourth-order valence-electron chi connectivity index (χ4n) is 2.96. The number of thiazole rings is 1. The third-order valence-electron chi connectivity index (χ3n) is 4.37. The number of carboxylic acids is 1. The number of benzene rings is 1. The molecule has 0 unspecified atom stereocenters. The third kappa shape index (κ3) is 5.73. The summed E-state index contributed by atoms with van der Waals surface area (Å²) in [5.41, 5.74) is 1.52. The van der Waals surface area contributed by atoms with Crippen LogP contribution < -0.4 is 9.64 Å². The van der Waals surface area contributed by atoms with Crippen LogP contribution in [-0.4, -0.2) is 46.0 Å². The Labute approximate surface area is 187 Å². The van der Waals surface area contributed by atoms with Crippen molar-refractivity contribution in [3.05, 3.63) is 50.6 Å². The maximum atomic E-state index is 11.2. The van der Waals surface area contributed by atoms with Crippen molar-refractivity contribution in [1.29, 1.82) is 0 Å². The lowest BCUT2D eigenvalue weighted by molar-refractivity contribution is -0.137. The summed E-state index contributed by atoms with van der Waals surface area (Å²) in [6, 6.07) is 7.15. The smallest absolute Gasteiger partial charge is 0.323 e. The first kappa shape index (κ1) is 23.0. The van der Waals surface area contributed by atoms with Crippen molar-refractivity contribution in [3.8, 4) is 11.6 Å². The lowest BCUT2D eigenvalue weighted by atomic mass is 10.2. The van der Waals surface area contributed by atoms with Gasteiger partial charge >= 0.3 is 5.97 Å². The number of nitrogens with zero attached hydrogens (tertiary/aromatic N) is 2. The van der Waals surface area contributed by atoms with Crippen molar-refractivity contribution in [3.63, 3.8) is 0 Å². The average Bonchev–Trinajstić information content (AvgIpc) is 3.16. The number of carbonyl (C=O) groups is 1. The van der Waals surface area contributed by atoms with E-state index in [1.165, 1.54) is 0 Å². The number of rotatable bonds is 8. The molecule has 1 aliphatic heterocycles. The predicted octanol–water partition coefficient (Wildman–Crippen LogP) is 3.49. The minimum atomic E-state index is -4.14. The molecule has 0 fully saturated rings. The first-order chi connectivity index (χ1) is 14.5. The number of carboxylic acid groups (broad SMARTS) is 1. The quantitative estimate of drug-likeness (QED) is 0.381. The van der Waals surface area contributed by atoms with Crippen LogP contribution >= 0.6 is 23.6 Å². The molecular weight excluding hydrogens is 464 g/mol. The summed E-state index contributed by atoms with van der Waals surface area (Å²) in [5, 5.41) is 19.2. The SMILES string of the molecule is CC(=Cc1sc(=S)n(CC(=O)O)c1O)CC=C1Oc2ccccc2N1CCS(=O)(=O)O. The van der Waals surface area contributed by atoms with Gasteiger partial charge in [-0.2, -0.15) is 8.42 Å². The molecule has 3 rings (SSSR count). The number of fused-ring (bicyclic) bond motifs is 1. The van der Waals surface area contributed by atoms with Gasteiger partial charge in [-0.3, -0.25) is 13.9 Å². The Morgan fingerprint density at radius 3 is 2.71 bits per heavy atom. The Bertz CT molecular complexity index is 1230. The summed E-state index contributed by atoms with van der Waals surface area (Å²) in [6.07, 6.45) is 3.88. The summed E-state index contributed by atoms with van der Waals surface area (Å²) in [6.45, 7) is 1.42. The molecule has 0 saturated heterocycles. The van der Waals surface area contributed by atoms with Gasteiger partial charge in [-0.15, -0.1) is 11.3 Å². The second-order valence-corrected chi connectivity index (χ2v) is 10.0. The highest BCUT2D eigenvalue weighted by Crippen LogP contribution is 2.39. The van der Waals surface area contributed by atoms with E-state index in [4.69, 9.17) is 26.6 Å². The number of ether oxygens (including phenoxy) is 1. The lowest BCUT2D eigenvalue weighted by Gasteiger charge is -2.17. The molecule has 0 radical (unpaired) electrons. The van der Waals surface area contributed by atoms with Crippen molar-refractivity contribution >= 4 is 51.4 Å². The van der Waals surface area contributed by atoms with Gasteiger partial charge in [0.2, 0.25) is 5.88 Å². The van der Waals surface area contributed by atoms with Crippen LogP contribution in [0.5, 0.6) is 11.6 Å². The minimum absolute atomic E-state index is 0.0185. The van der Waals surface area contributed by atoms with Crippen LogP contribution in [0.1, 0.15) is 18.2 Å². The van der Waals surface area contributed by atoms with Gasteiger partial charge in [-0.25, -0.2) is 0 Å². The molecule has 31 heavy (non-hydrogen) atoms. The van der Waals surface area contributed by atoms with Crippen molar-refractivity contribution in [1.82, 2.24) is 4.57 Å². The molecule has 0 atom stereocenters. The molecule has 0 saturated carbocycles. The zero-order valence-electron chi connectivity index (χ0n) is 16.4. The van der Waals surface area contributed by atoms with Crippen LogP contribution in [-0.2, 0) is 21.5 Å². The Balaban J connectivity index is 1.81. The minimum Gasteiger partial charge on any atom is -0.493 e. The molecule has 12 heteroatoms. The molecule has 0 aliphatic carbocycles. The monoisotopic (exact) mass is 484 g/mol. The Hall–Kier alpha value is -2.67. The van der Waals surface area contributed by atoms with Crippen molar-refractivity contribution < 1.29 is 32.7 Å². The topological polar surface area (TPSA) is 129 Å². The van der Waals surface area contributed by atoms with Gasteiger partial charge in [0.05, 0.1) is 16.3 Å². The summed E-state index contributed by atoms with van der Waals surface area (Å²) in [7, 11) is -4.14. The van der Waals surface area contributed by atoms with E-state index in [9.17, 15) is 18.3 Å². The summed E-state index contributed by atoms with van der Waals surface area (Å²) < 4.78 is 38.7. The van der Waals surface area contributed by atoms with Crippen LogP contribution in [0.25, 0.3) is 6.08 Å². The van der Waals surface area contributed by atoms with E-state index in [0.29, 0.717) is 28.6 Å². The number of anilines is 1. The van der Waals surface area contributed by atoms with Gasteiger partial charge in [0, 0.05) is 6.54 Å². The lowest BCUT2D eigenvalue weighted by Crippen LogP contribution is -2.27. The molecule has 0 bridgehead atoms. The van der Waals surface area contributed by atoms with Crippen molar-refractivity contribution in [2.75, 3.05) is 17.2 Å². The Kier molecular flexibility index (Phi) is 6.84. The van der Waals surface area contributed by atoms with Crippen LogP contribution in [0.3, 0.4) is 0 Å². The number of aliphatic carboxylic acids is 1. The van der Waals surface area contributed by atoms with Crippen LogP contribution in [0.4, 0.5) is 5.69 Å². The number of aromatic hydroxyl groups is 1. The summed E-state index contributed by atoms with van der Waals surface area (Å²) >= 11 is 6.22. The molecule has 1 aromatic heterocycles. The summed E-state index contributed by atoms with van der Waals surface area (Å²) in [4.78, 5) is 13.0. The standard InChI is InChI=1S/C19H20N2O7S3/c1-12(10-15-18(24)21(11-17(22)23)19(29)30-15)6-7-16-20(8-9-31(25,26)27)13-4-2-3-5-14(13)28-16/h2-5,7,10,24H,6,8-9,11H2,1H3,(H,22,23)(H,25,26,27). The second-order valence-electron chi connectivity index (χ2n) is 6.78. The zero-order chi connectivity index (χ0) is 22.8. The number of aromatic nitrogens is 1. The largest absolute Gasteiger partial charge is 0.493 e. The van der Waals surface area contributed by atoms with Gasteiger partial charge < -0.3 is 19.8 Å². The van der Waals surface area contributed by atoms with Gasteiger partial charge in [-0.05, 0) is 49.8 Å². The molecule has 1 aliphatic rings. The molecule has 2 heterocycles. The normalized spacial score (nSPS) is 15.2. The maximum Gasteiger partial charge on any atom is 0.323 e. The molecule has 3 N–H and O–H groups in total. The third-order valence-corrected chi connectivity index (χ3v) is 6.46. The molecule has 0 amide bonds. The van der Waals surface area contributed by atoms with E-state index in [1.54, 1.807) is 41.3 Å². The van der Waals surface area contributed by atoms with E-state index in [-0.39, 0.29) is 16.4 Å². The van der Waals surface area contributed by atoms with E-state index in [0.717, 1.165) is 21.5 Å². The average molecular weight is 485 g/mol. The van der Waals surface area contributed by atoms with Crippen molar-refractivity contribution in [2.24, 2.45) is 0 Å². The molecule has 0 spiro atoms. The number of para-hydroxylation sites is 2. The highest BCUT2D eigenvalue weighted by molar-refractivity contribution is 7.85. The van der Waals surface area contributed by atoms with Gasteiger partial charge in [0.25, 0.3) is 10.1 Å². The highest BCUT2D eigenvalue weighted by atomic mass is 32.2. The van der Waals surface area contributed by atoms with Crippen LogP contribution in [0.15, 0.2) is 41.8 Å². The molecule has 9 nitrogen and oxygen atoms in total. The first-order valence-electron chi connectivity index (χ1n) is 9.06. The number of hydrogen-bond donors (Lipinski definition) is 3. The van der Waals surface area contributed by atoms with Gasteiger partial charge in [0.1, 0.15) is 6.54 Å². The maximum absolute atomic E-state index is 11.2. The van der Waals surface area contributed by atoms with E-state index < -0.39 is 28.4 Å². The Morgan fingerprint density at radius 1 is 1.32 bits per heavy atom. The fourth-order valence-corrected chi connectivity index (χ4v) is 4.70. The number of allylic oxidation sites excluding steroid dienone is 2. The van der Waals surface area contributed by atoms with E-state index in [1.807, 2.05) is 6.92 Å². The zero-order valence-corrected chi connectivity index (χ0v) is 18.8. The number of hydrogen-bond acceptors (Lipinski definition) is 8. The molecular formula is C19H20N2O7S3. The van der Waals surface area contributed by atoms with Gasteiger partial charge in [-0.1, -0.05) is 17.7 Å². The van der Waals surface area contributed by atoms with Crippen LogP contribution in [0, 0.1) is 3.95 Å². The molecule has 166 valence electrons. The van der Waals surface area contributed by atoms with E-state index >= 15 is 0 Å². The summed E-state index contributed by atoms with van der Waals surface area (Å²) in [5.74, 6) is -0.761. The van der Waals surface area contributed by atoms with Gasteiger partial charge in [0.15, 0.2) is 15.6 Å². The van der Waals surface area contributed by atoms with E-state index in [2.05, 4.69) is 0 Å². The Morgan fingerprint density at radius 2 is 2.03 bits per heavy atom. The van der Waals surface area contributed by atoms with Crippen LogP contribution in [0.2, 0.25) is 0 Å². The second kappa shape index (κ2) is 9.22. The molecule has 2 aromatic rings. The first-order valence-corrected chi connectivity index (χ1v) is 11.9. The molecule has 1 aromatic carbocycles. The predicted molar refractivity (Wildman–Crippen MR) is 120 cm³/mol.